The van der Waals surface area contributed by atoms with Crippen molar-refractivity contribution in [2.24, 2.45) is 10.8 Å². The molecular weight excluding hydrogens is 256 g/mol. The van der Waals surface area contributed by atoms with Crippen LogP contribution in [-0.2, 0) is 9.84 Å². The minimum atomic E-state index is -3.16. The van der Waals surface area contributed by atoms with Gasteiger partial charge in [0.05, 0.1) is 5.75 Å². The molecule has 3 aliphatic rings. The average molecular weight is 273 g/mol. The molecule has 1 saturated carbocycles. The highest BCUT2D eigenvalue weighted by molar-refractivity contribution is 7.93. The second kappa shape index (κ2) is 3.61. The first-order valence-corrected chi connectivity index (χ1v) is 8.40. The molecule has 0 spiro atoms. The van der Waals surface area contributed by atoms with E-state index in [-0.39, 0.29) is 16.6 Å². The third-order valence-corrected chi connectivity index (χ3v) is 7.91. The van der Waals surface area contributed by atoms with Crippen molar-refractivity contribution in [3.8, 4) is 0 Å². The van der Waals surface area contributed by atoms with Crippen molar-refractivity contribution in [1.29, 1.82) is 0 Å². The third-order valence-electron chi connectivity index (χ3n) is 4.74. The Morgan fingerprint density at radius 3 is 2.59 bits per heavy atom. The zero-order chi connectivity index (χ0) is 12.1. The summed E-state index contributed by atoms with van der Waals surface area (Å²) in [6.07, 6.45) is 13.4. The number of alkyl halides is 1. The molecule has 2 nitrogen and oxygen atoms in total. The van der Waals surface area contributed by atoms with Crippen LogP contribution in [0.5, 0.6) is 0 Å². The Balaban J connectivity index is 2.21. The van der Waals surface area contributed by atoms with Gasteiger partial charge in [-0.1, -0.05) is 43.6 Å². The first-order valence-electron chi connectivity index (χ1n) is 6.25. The second-order valence-electron chi connectivity index (χ2n) is 5.60. The summed E-state index contributed by atoms with van der Waals surface area (Å²) in [5.74, 6) is 0.231. The van der Waals surface area contributed by atoms with Gasteiger partial charge in [-0.2, -0.15) is 0 Å². The summed E-state index contributed by atoms with van der Waals surface area (Å²) >= 11 is 6.34. The molecule has 17 heavy (non-hydrogen) atoms. The van der Waals surface area contributed by atoms with Gasteiger partial charge in [-0.05, 0) is 12.8 Å². The summed E-state index contributed by atoms with van der Waals surface area (Å²) in [7, 11) is -3.16. The van der Waals surface area contributed by atoms with Gasteiger partial charge in [-0.25, -0.2) is 8.42 Å². The van der Waals surface area contributed by atoms with Gasteiger partial charge in [0, 0.05) is 10.8 Å². The number of halogens is 1. The maximum Gasteiger partial charge on any atom is 0.168 e. The standard InChI is InChI=1S/C13H17ClO2S/c14-11-13-8-3-1-2-6-12(13,7-4-5-9-13)10-17(11,15)16/h4-5,7,9,11H,1-3,6,8,10H2/t11-,12-,13+/m0/s1. The Labute approximate surface area is 108 Å². The zero-order valence-electron chi connectivity index (χ0n) is 9.73. The van der Waals surface area contributed by atoms with Gasteiger partial charge in [0.1, 0.15) is 4.71 Å². The van der Waals surface area contributed by atoms with Crippen molar-refractivity contribution in [2.45, 2.75) is 36.8 Å². The highest BCUT2D eigenvalue weighted by Crippen LogP contribution is 2.62. The number of rotatable bonds is 0. The predicted octanol–water partition coefficient (Wildman–Crippen LogP) is 3.04. The van der Waals surface area contributed by atoms with E-state index in [1.165, 1.54) is 6.42 Å². The summed E-state index contributed by atoms with van der Waals surface area (Å²) in [5.41, 5.74) is -0.581. The van der Waals surface area contributed by atoms with Crippen LogP contribution in [0.3, 0.4) is 0 Å². The van der Waals surface area contributed by atoms with Crippen molar-refractivity contribution in [1.82, 2.24) is 0 Å². The fourth-order valence-electron chi connectivity index (χ4n) is 3.89. The van der Waals surface area contributed by atoms with E-state index < -0.39 is 14.5 Å². The second-order valence-corrected chi connectivity index (χ2v) is 8.38. The van der Waals surface area contributed by atoms with Crippen LogP contribution in [0.4, 0.5) is 0 Å². The normalized spacial score (nSPS) is 47.2. The summed E-state index contributed by atoms with van der Waals surface area (Å²) in [6.45, 7) is 0. The van der Waals surface area contributed by atoms with Crippen molar-refractivity contribution >= 4 is 21.4 Å². The molecule has 0 aromatic carbocycles. The van der Waals surface area contributed by atoms with Crippen molar-refractivity contribution in [3.05, 3.63) is 24.3 Å². The van der Waals surface area contributed by atoms with E-state index in [2.05, 4.69) is 12.2 Å². The summed E-state index contributed by atoms with van der Waals surface area (Å²) < 4.78 is 23.7. The summed E-state index contributed by atoms with van der Waals surface area (Å²) in [6, 6.07) is 0. The van der Waals surface area contributed by atoms with E-state index in [1.54, 1.807) is 0 Å². The van der Waals surface area contributed by atoms with Crippen LogP contribution in [0, 0.1) is 10.8 Å². The van der Waals surface area contributed by atoms with Gasteiger partial charge < -0.3 is 0 Å². The molecule has 3 rings (SSSR count). The highest BCUT2D eigenvalue weighted by Gasteiger charge is 2.64. The first-order chi connectivity index (χ1) is 8.03. The number of hydrogen-bond donors (Lipinski definition) is 0. The summed E-state index contributed by atoms with van der Waals surface area (Å²) in [4.78, 5) is 0. The van der Waals surface area contributed by atoms with E-state index in [0.29, 0.717) is 0 Å². The molecule has 0 aromatic heterocycles. The van der Waals surface area contributed by atoms with Crippen LogP contribution in [-0.4, -0.2) is 18.9 Å². The molecule has 0 radical (unpaired) electrons. The topological polar surface area (TPSA) is 34.1 Å². The van der Waals surface area contributed by atoms with E-state index in [1.807, 2.05) is 12.2 Å². The Hall–Kier alpha value is -0.280. The fourth-order valence-corrected chi connectivity index (χ4v) is 6.93. The lowest BCUT2D eigenvalue weighted by molar-refractivity contribution is 0.181. The molecule has 0 amide bonds. The molecule has 1 aliphatic heterocycles. The van der Waals surface area contributed by atoms with Crippen LogP contribution < -0.4 is 0 Å². The lowest BCUT2D eigenvalue weighted by atomic mass is 9.60. The maximum atomic E-state index is 12.2. The lowest BCUT2D eigenvalue weighted by Gasteiger charge is -2.43. The van der Waals surface area contributed by atoms with Gasteiger partial charge in [0.15, 0.2) is 9.84 Å². The molecule has 4 heteroatoms. The predicted molar refractivity (Wildman–Crippen MR) is 69.7 cm³/mol. The van der Waals surface area contributed by atoms with Crippen LogP contribution in [0.25, 0.3) is 0 Å². The average Bonchev–Trinajstić information content (AvgIpc) is 2.43. The quantitative estimate of drug-likeness (QED) is 0.635. The van der Waals surface area contributed by atoms with E-state index in [4.69, 9.17) is 11.6 Å². The third kappa shape index (κ3) is 1.42. The maximum absolute atomic E-state index is 12.2. The van der Waals surface area contributed by atoms with Crippen LogP contribution in [0.1, 0.15) is 32.1 Å². The molecule has 3 atom stereocenters. The van der Waals surface area contributed by atoms with Gasteiger partial charge in [0.25, 0.3) is 0 Å². The van der Waals surface area contributed by atoms with Crippen molar-refractivity contribution in [2.75, 3.05) is 5.75 Å². The van der Waals surface area contributed by atoms with Gasteiger partial charge >= 0.3 is 0 Å². The number of sulfone groups is 1. The fraction of sp³-hybridized carbons (Fsp3) is 0.692. The number of hydrogen-bond acceptors (Lipinski definition) is 2. The molecule has 0 unspecified atom stereocenters. The molecular formula is C13H17ClO2S. The lowest BCUT2D eigenvalue weighted by Crippen LogP contribution is -2.41. The molecule has 0 aromatic rings. The molecule has 0 bridgehead atoms. The van der Waals surface area contributed by atoms with Crippen LogP contribution in [0.15, 0.2) is 24.3 Å². The number of allylic oxidation sites excluding steroid dienone is 4. The molecule has 1 saturated heterocycles. The monoisotopic (exact) mass is 272 g/mol. The molecule has 2 aliphatic carbocycles. The van der Waals surface area contributed by atoms with E-state index in [0.717, 1.165) is 25.7 Å². The van der Waals surface area contributed by atoms with Crippen LogP contribution in [0.2, 0.25) is 0 Å². The zero-order valence-corrected chi connectivity index (χ0v) is 11.3. The first kappa shape index (κ1) is 11.8. The Morgan fingerprint density at radius 2 is 1.76 bits per heavy atom. The van der Waals surface area contributed by atoms with Gasteiger partial charge in [-0.3, -0.25) is 0 Å². The minimum Gasteiger partial charge on any atom is -0.227 e. The minimum absolute atomic E-state index is 0.231. The van der Waals surface area contributed by atoms with Crippen molar-refractivity contribution < 1.29 is 8.42 Å². The molecule has 2 fully saturated rings. The van der Waals surface area contributed by atoms with E-state index in [9.17, 15) is 8.42 Å². The van der Waals surface area contributed by atoms with Gasteiger partial charge in [0.2, 0.25) is 0 Å². The van der Waals surface area contributed by atoms with Gasteiger partial charge in [-0.15, -0.1) is 11.6 Å². The largest absolute Gasteiger partial charge is 0.227 e. The summed E-state index contributed by atoms with van der Waals surface area (Å²) in [5, 5.41) is 0. The van der Waals surface area contributed by atoms with E-state index >= 15 is 0 Å². The molecule has 94 valence electrons. The highest BCUT2D eigenvalue weighted by atomic mass is 35.5. The SMILES string of the molecule is O=S1(=O)C[C@]23C=CC=C[C@]2(CCCCC3)[C@H]1Cl. The van der Waals surface area contributed by atoms with Crippen molar-refractivity contribution in [3.63, 3.8) is 0 Å². The van der Waals surface area contributed by atoms with Crippen LogP contribution >= 0.6 is 11.6 Å². The smallest absolute Gasteiger partial charge is 0.168 e. The Kier molecular flexibility index (Phi) is 2.50. The molecule has 1 heterocycles. The Bertz CT molecular complexity index is 494. The Morgan fingerprint density at radius 1 is 1.06 bits per heavy atom. The molecule has 0 N–H and O–H groups in total.